The number of halogens is 2. The molecule has 0 amide bonds. The highest BCUT2D eigenvalue weighted by Crippen LogP contribution is 2.19. The van der Waals surface area contributed by atoms with E-state index in [0.717, 1.165) is 0 Å². The average Bonchev–Trinajstić information content (AvgIpc) is 2.41. The molecular formula is C12H12F2N4O. The van der Waals surface area contributed by atoms with Gasteiger partial charge in [-0.15, -0.1) is 0 Å². The van der Waals surface area contributed by atoms with Gasteiger partial charge in [0.15, 0.2) is 0 Å². The zero-order valence-corrected chi connectivity index (χ0v) is 9.88. The lowest BCUT2D eigenvalue weighted by Crippen LogP contribution is -2.04. The Kier molecular flexibility index (Phi) is 4.19. The van der Waals surface area contributed by atoms with Gasteiger partial charge in [0.1, 0.15) is 5.75 Å². The fourth-order valence-electron chi connectivity index (χ4n) is 1.42. The first-order chi connectivity index (χ1) is 9.17. The van der Waals surface area contributed by atoms with Crippen molar-refractivity contribution in [2.75, 3.05) is 5.32 Å². The molecule has 0 aliphatic carbocycles. The van der Waals surface area contributed by atoms with Crippen LogP contribution < -0.4 is 15.8 Å². The van der Waals surface area contributed by atoms with Crippen LogP contribution in [0.4, 0.5) is 20.4 Å². The maximum absolute atomic E-state index is 12.0. The van der Waals surface area contributed by atoms with Gasteiger partial charge < -0.3 is 15.8 Å². The van der Waals surface area contributed by atoms with E-state index >= 15 is 0 Å². The number of anilines is 2. The molecular weight excluding hydrogens is 254 g/mol. The molecule has 7 heteroatoms. The van der Waals surface area contributed by atoms with Gasteiger partial charge in [0, 0.05) is 18.4 Å². The van der Waals surface area contributed by atoms with Crippen LogP contribution in [0.2, 0.25) is 0 Å². The first kappa shape index (κ1) is 13.2. The number of aromatic nitrogens is 2. The molecule has 5 nitrogen and oxygen atoms in total. The third kappa shape index (κ3) is 3.85. The zero-order valence-electron chi connectivity index (χ0n) is 9.88. The largest absolute Gasteiger partial charge is 0.435 e. The summed E-state index contributed by atoms with van der Waals surface area (Å²) in [6, 6.07) is 7.76. The minimum Gasteiger partial charge on any atom is -0.435 e. The maximum Gasteiger partial charge on any atom is 0.387 e. The summed E-state index contributed by atoms with van der Waals surface area (Å²) >= 11 is 0. The van der Waals surface area contributed by atoms with Gasteiger partial charge in [0.25, 0.3) is 0 Å². The first-order valence-electron chi connectivity index (χ1n) is 5.51. The molecule has 0 radical (unpaired) electrons. The highest BCUT2D eigenvalue weighted by molar-refractivity contribution is 5.54. The predicted octanol–water partition coefficient (Wildman–Crippen LogP) is 2.28. The molecule has 0 spiro atoms. The summed E-state index contributed by atoms with van der Waals surface area (Å²) in [5.74, 6) is 0.489. The molecule has 1 aromatic heterocycles. The second-order valence-electron chi connectivity index (χ2n) is 3.60. The normalized spacial score (nSPS) is 10.5. The number of ether oxygens (including phenoxy) is 1. The molecule has 0 aliphatic rings. The molecule has 19 heavy (non-hydrogen) atoms. The molecule has 3 N–H and O–H groups in total. The SMILES string of the molecule is NCc1ccnc(Nc2ccc(OC(F)F)cc2)n1. The molecule has 0 unspecified atom stereocenters. The minimum absolute atomic E-state index is 0.0946. The molecule has 2 aromatic rings. The molecule has 0 bridgehead atoms. The zero-order chi connectivity index (χ0) is 13.7. The van der Waals surface area contributed by atoms with Crippen LogP contribution >= 0.6 is 0 Å². The van der Waals surface area contributed by atoms with Gasteiger partial charge in [-0.05, 0) is 30.3 Å². The van der Waals surface area contributed by atoms with Crippen molar-refractivity contribution in [3.05, 3.63) is 42.2 Å². The second-order valence-corrected chi connectivity index (χ2v) is 3.60. The Morgan fingerprint density at radius 2 is 1.95 bits per heavy atom. The van der Waals surface area contributed by atoms with E-state index in [1.807, 2.05) is 0 Å². The van der Waals surface area contributed by atoms with Gasteiger partial charge in [-0.25, -0.2) is 9.97 Å². The number of nitrogens with two attached hydrogens (primary N) is 1. The first-order valence-corrected chi connectivity index (χ1v) is 5.51. The van der Waals surface area contributed by atoms with Crippen molar-refractivity contribution >= 4 is 11.6 Å². The smallest absolute Gasteiger partial charge is 0.387 e. The molecule has 1 heterocycles. The van der Waals surface area contributed by atoms with Crippen molar-refractivity contribution in [1.82, 2.24) is 9.97 Å². The van der Waals surface area contributed by atoms with Gasteiger partial charge in [-0.2, -0.15) is 8.78 Å². The molecule has 0 saturated carbocycles. The van der Waals surface area contributed by atoms with Crippen molar-refractivity contribution < 1.29 is 13.5 Å². The predicted molar refractivity (Wildman–Crippen MR) is 66.3 cm³/mol. The molecule has 2 rings (SSSR count). The summed E-state index contributed by atoms with van der Waals surface area (Å²) in [6.45, 7) is -2.51. The van der Waals surface area contributed by atoms with E-state index in [1.165, 1.54) is 12.1 Å². The Morgan fingerprint density at radius 1 is 1.21 bits per heavy atom. The van der Waals surface area contributed by atoms with Crippen LogP contribution in [0.1, 0.15) is 5.69 Å². The second kappa shape index (κ2) is 6.05. The van der Waals surface area contributed by atoms with Crippen LogP contribution in [-0.4, -0.2) is 16.6 Å². The van der Waals surface area contributed by atoms with Crippen LogP contribution in [0.15, 0.2) is 36.5 Å². The van der Waals surface area contributed by atoms with Crippen LogP contribution in [0.3, 0.4) is 0 Å². The van der Waals surface area contributed by atoms with Crippen molar-refractivity contribution in [2.45, 2.75) is 13.2 Å². The standard InChI is InChI=1S/C12H12F2N4O/c13-11(14)19-10-3-1-8(2-4-10)17-12-16-6-5-9(7-15)18-12/h1-6,11H,7,15H2,(H,16,17,18). The van der Waals surface area contributed by atoms with E-state index in [9.17, 15) is 8.78 Å². The van der Waals surface area contributed by atoms with E-state index in [4.69, 9.17) is 5.73 Å². The fraction of sp³-hybridized carbons (Fsp3) is 0.167. The summed E-state index contributed by atoms with van der Waals surface area (Å²) in [5, 5.41) is 2.94. The Labute approximate surface area is 108 Å². The third-order valence-corrected chi connectivity index (χ3v) is 2.26. The van der Waals surface area contributed by atoms with Gasteiger partial charge in [-0.1, -0.05) is 0 Å². The molecule has 0 atom stereocenters. The van der Waals surface area contributed by atoms with Crippen molar-refractivity contribution in [3.8, 4) is 5.75 Å². The van der Waals surface area contributed by atoms with Gasteiger partial charge in [-0.3, -0.25) is 0 Å². The van der Waals surface area contributed by atoms with Crippen molar-refractivity contribution in [3.63, 3.8) is 0 Å². The van der Waals surface area contributed by atoms with E-state index in [1.54, 1.807) is 24.4 Å². The lowest BCUT2D eigenvalue weighted by molar-refractivity contribution is -0.0498. The summed E-state index contributed by atoms with van der Waals surface area (Å²) in [5.41, 5.74) is 6.84. The van der Waals surface area contributed by atoms with E-state index < -0.39 is 6.61 Å². The lowest BCUT2D eigenvalue weighted by atomic mass is 10.3. The number of hydrogen-bond acceptors (Lipinski definition) is 5. The number of hydrogen-bond donors (Lipinski definition) is 2. The van der Waals surface area contributed by atoms with Crippen molar-refractivity contribution in [2.24, 2.45) is 5.73 Å². The van der Waals surface area contributed by atoms with E-state index in [0.29, 0.717) is 23.9 Å². The van der Waals surface area contributed by atoms with Crippen LogP contribution in [0, 0.1) is 0 Å². The third-order valence-electron chi connectivity index (χ3n) is 2.26. The van der Waals surface area contributed by atoms with Gasteiger partial charge >= 0.3 is 6.61 Å². The van der Waals surface area contributed by atoms with Crippen molar-refractivity contribution in [1.29, 1.82) is 0 Å². The molecule has 1 aromatic carbocycles. The highest BCUT2D eigenvalue weighted by atomic mass is 19.3. The Balaban J connectivity index is 2.06. The van der Waals surface area contributed by atoms with Crippen LogP contribution in [0.5, 0.6) is 5.75 Å². The van der Waals surface area contributed by atoms with Crippen LogP contribution in [0.25, 0.3) is 0 Å². The number of rotatable bonds is 5. The Hall–Kier alpha value is -2.28. The van der Waals surface area contributed by atoms with Gasteiger partial charge in [0.2, 0.25) is 5.95 Å². The fourth-order valence-corrected chi connectivity index (χ4v) is 1.42. The quantitative estimate of drug-likeness (QED) is 0.868. The summed E-state index contributed by atoms with van der Waals surface area (Å²) in [4.78, 5) is 8.18. The highest BCUT2D eigenvalue weighted by Gasteiger charge is 2.04. The lowest BCUT2D eigenvalue weighted by Gasteiger charge is -2.07. The van der Waals surface area contributed by atoms with Gasteiger partial charge in [0.05, 0.1) is 5.69 Å². The summed E-state index contributed by atoms with van der Waals surface area (Å²) in [7, 11) is 0. The monoisotopic (exact) mass is 266 g/mol. The number of alkyl halides is 2. The van der Waals surface area contributed by atoms with E-state index in [-0.39, 0.29) is 5.75 Å². The number of nitrogens with one attached hydrogen (secondary N) is 1. The van der Waals surface area contributed by atoms with Crippen LogP contribution in [-0.2, 0) is 6.54 Å². The summed E-state index contributed by atoms with van der Waals surface area (Å²) < 4.78 is 28.2. The molecule has 0 aliphatic heterocycles. The topological polar surface area (TPSA) is 73.1 Å². The molecule has 0 saturated heterocycles. The Morgan fingerprint density at radius 3 is 2.58 bits per heavy atom. The maximum atomic E-state index is 12.0. The molecule has 100 valence electrons. The van der Waals surface area contributed by atoms with E-state index in [2.05, 4.69) is 20.0 Å². The average molecular weight is 266 g/mol. The number of nitrogens with zero attached hydrogens (tertiary/aromatic N) is 2. The molecule has 0 fully saturated rings. The Bertz CT molecular complexity index is 534. The minimum atomic E-state index is -2.83. The number of benzene rings is 1. The summed E-state index contributed by atoms with van der Waals surface area (Å²) in [6.07, 6.45) is 1.59.